The van der Waals surface area contributed by atoms with E-state index in [0.29, 0.717) is 6.42 Å². The molecule has 16 heavy (non-hydrogen) atoms. The zero-order valence-electron chi connectivity index (χ0n) is 10.5. The Morgan fingerprint density at radius 2 is 2.00 bits per heavy atom. The van der Waals surface area contributed by atoms with Gasteiger partial charge in [0.15, 0.2) is 5.78 Å². The van der Waals surface area contributed by atoms with Crippen LogP contribution in [0.5, 0.6) is 0 Å². The minimum Gasteiger partial charge on any atom is -0.293 e. The normalized spacial score (nSPS) is 11.8. The molecule has 3 nitrogen and oxygen atoms in total. The number of nitrogens with zero attached hydrogens (tertiary/aromatic N) is 2. The van der Waals surface area contributed by atoms with E-state index in [4.69, 9.17) is 0 Å². The Morgan fingerprint density at radius 3 is 2.56 bits per heavy atom. The summed E-state index contributed by atoms with van der Waals surface area (Å²) in [6, 6.07) is 0. The highest BCUT2D eigenvalue weighted by Crippen LogP contribution is 2.27. The molecule has 1 heterocycles. The summed E-state index contributed by atoms with van der Waals surface area (Å²) in [7, 11) is 0. The lowest BCUT2D eigenvalue weighted by Crippen LogP contribution is -2.16. The summed E-state index contributed by atoms with van der Waals surface area (Å²) in [6.45, 7) is 8.32. The molecule has 0 aliphatic heterocycles. The molecule has 0 N–H and O–H groups in total. The average Bonchev–Trinajstić information content (AvgIpc) is 2.65. The van der Waals surface area contributed by atoms with Crippen LogP contribution in [0.15, 0.2) is 0 Å². The molecule has 0 unspecified atom stereocenters. The van der Waals surface area contributed by atoms with Crippen LogP contribution >= 0.6 is 11.5 Å². The quantitative estimate of drug-likeness (QED) is 0.583. The maximum absolute atomic E-state index is 12.0. The Morgan fingerprint density at radius 1 is 1.31 bits per heavy atom. The van der Waals surface area contributed by atoms with E-state index in [2.05, 4.69) is 37.3 Å². The van der Waals surface area contributed by atoms with Crippen molar-refractivity contribution in [2.24, 2.45) is 0 Å². The molecule has 0 saturated heterocycles. The standard InChI is InChI=1S/C12H20N2OS/c1-5-6-7-8-9(15)10-11(12(2,3)4)13-14-16-10/h5-8H2,1-4H3. The third-order valence-corrected chi connectivity index (χ3v) is 3.23. The molecule has 1 aromatic heterocycles. The number of hydrogen-bond donors (Lipinski definition) is 0. The van der Waals surface area contributed by atoms with Gasteiger partial charge in [-0.2, -0.15) is 0 Å². The van der Waals surface area contributed by atoms with Crippen LogP contribution in [-0.4, -0.2) is 15.4 Å². The Labute approximate surface area is 101 Å². The van der Waals surface area contributed by atoms with Crippen LogP contribution in [0.2, 0.25) is 0 Å². The number of carbonyl (C=O) groups is 1. The van der Waals surface area contributed by atoms with E-state index in [1.54, 1.807) is 0 Å². The van der Waals surface area contributed by atoms with E-state index >= 15 is 0 Å². The molecule has 0 aromatic carbocycles. The van der Waals surface area contributed by atoms with E-state index in [0.717, 1.165) is 29.8 Å². The van der Waals surface area contributed by atoms with Crippen molar-refractivity contribution in [1.82, 2.24) is 9.59 Å². The van der Waals surface area contributed by atoms with Crippen molar-refractivity contribution in [2.45, 2.75) is 58.8 Å². The first kappa shape index (κ1) is 13.3. The van der Waals surface area contributed by atoms with Gasteiger partial charge in [0.05, 0.1) is 5.69 Å². The van der Waals surface area contributed by atoms with Crippen LogP contribution < -0.4 is 0 Å². The molecule has 4 heteroatoms. The monoisotopic (exact) mass is 240 g/mol. The average molecular weight is 240 g/mol. The molecular formula is C12H20N2OS. The molecule has 0 spiro atoms. The van der Waals surface area contributed by atoms with Gasteiger partial charge in [-0.1, -0.05) is 45.0 Å². The van der Waals surface area contributed by atoms with Gasteiger partial charge < -0.3 is 0 Å². The second kappa shape index (κ2) is 5.53. The number of rotatable bonds is 5. The largest absolute Gasteiger partial charge is 0.293 e. The number of hydrogen-bond acceptors (Lipinski definition) is 4. The lowest BCUT2D eigenvalue weighted by Gasteiger charge is -2.15. The number of carbonyl (C=O) groups excluding carboxylic acids is 1. The highest BCUT2D eigenvalue weighted by atomic mass is 32.1. The fourth-order valence-corrected chi connectivity index (χ4v) is 2.35. The minimum absolute atomic E-state index is 0.0945. The van der Waals surface area contributed by atoms with Crippen molar-refractivity contribution in [1.29, 1.82) is 0 Å². The second-order valence-corrected chi connectivity index (χ2v) is 5.84. The Kier molecular flexibility index (Phi) is 4.59. The Bertz CT molecular complexity index is 352. The van der Waals surface area contributed by atoms with Crippen LogP contribution in [0.3, 0.4) is 0 Å². The lowest BCUT2D eigenvalue weighted by molar-refractivity contribution is 0.0981. The lowest BCUT2D eigenvalue weighted by atomic mass is 9.90. The molecule has 1 rings (SSSR count). The van der Waals surface area contributed by atoms with E-state index < -0.39 is 0 Å². The summed E-state index contributed by atoms with van der Waals surface area (Å²) >= 11 is 1.23. The van der Waals surface area contributed by atoms with Gasteiger partial charge in [-0.25, -0.2) is 0 Å². The highest BCUT2D eigenvalue weighted by molar-refractivity contribution is 7.08. The third-order valence-electron chi connectivity index (χ3n) is 2.46. The fraction of sp³-hybridized carbons (Fsp3) is 0.750. The molecule has 0 fully saturated rings. The van der Waals surface area contributed by atoms with Gasteiger partial charge in [-0.3, -0.25) is 4.79 Å². The van der Waals surface area contributed by atoms with E-state index in [-0.39, 0.29) is 11.2 Å². The molecule has 0 radical (unpaired) electrons. The molecule has 0 amide bonds. The van der Waals surface area contributed by atoms with Crippen molar-refractivity contribution < 1.29 is 4.79 Å². The fourth-order valence-electron chi connectivity index (χ4n) is 1.51. The number of aromatic nitrogens is 2. The molecular weight excluding hydrogens is 220 g/mol. The zero-order chi connectivity index (χ0) is 12.2. The molecule has 0 bridgehead atoms. The number of Topliss-reactive ketones (excluding diaryl/α,β-unsaturated/α-hetero) is 1. The van der Waals surface area contributed by atoms with E-state index in [1.165, 1.54) is 11.5 Å². The summed E-state index contributed by atoms with van der Waals surface area (Å²) < 4.78 is 3.91. The summed E-state index contributed by atoms with van der Waals surface area (Å²) in [5, 5.41) is 4.08. The highest BCUT2D eigenvalue weighted by Gasteiger charge is 2.25. The Hall–Kier alpha value is -0.770. The van der Waals surface area contributed by atoms with Crippen LogP contribution in [0.4, 0.5) is 0 Å². The van der Waals surface area contributed by atoms with Gasteiger partial charge in [0, 0.05) is 11.8 Å². The van der Waals surface area contributed by atoms with Crippen molar-refractivity contribution in [2.75, 3.05) is 0 Å². The molecule has 0 aliphatic rings. The summed E-state index contributed by atoms with van der Waals surface area (Å²) in [5.74, 6) is 0.202. The zero-order valence-corrected chi connectivity index (χ0v) is 11.4. The molecule has 1 aromatic rings. The molecule has 0 saturated carbocycles. The van der Waals surface area contributed by atoms with Gasteiger partial charge >= 0.3 is 0 Å². The topological polar surface area (TPSA) is 42.9 Å². The molecule has 90 valence electrons. The van der Waals surface area contributed by atoms with Gasteiger partial charge in [0.2, 0.25) is 0 Å². The summed E-state index contributed by atoms with van der Waals surface area (Å²) in [4.78, 5) is 12.7. The smallest absolute Gasteiger partial charge is 0.176 e. The van der Waals surface area contributed by atoms with Crippen LogP contribution in [0.25, 0.3) is 0 Å². The minimum atomic E-state index is -0.0945. The molecule has 0 atom stereocenters. The van der Waals surface area contributed by atoms with Gasteiger partial charge in [-0.05, 0) is 18.0 Å². The van der Waals surface area contributed by atoms with E-state index in [9.17, 15) is 4.79 Å². The SMILES string of the molecule is CCCCCC(=O)c1snnc1C(C)(C)C. The second-order valence-electron chi connectivity index (χ2n) is 5.08. The predicted molar refractivity (Wildman–Crippen MR) is 67.1 cm³/mol. The molecule has 0 aliphatic carbocycles. The summed E-state index contributed by atoms with van der Waals surface area (Å²) in [6.07, 6.45) is 3.85. The van der Waals surface area contributed by atoms with Crippen molar-refractivity contribution in [3.8, 4) is 0 Å². The number of ketones is 1. The first-order chi connectivity index (χ1) is 7.46. The first-order valence-electron chi connectivity index (χ1n) is 5.83. The van der Waals surface area contributed by atoms with Crippen LogP contribution in [0.1, 0.15) is 68.7 Å². The van der Waals surface area contributed by atoms with E-state index in [1.807, 2.05) is 0 Å². The third kappa shape index (κ3) is 3.37. The number of unbranched alkanes of at least 4 members (excludes halogenated alkanes) is 2. The maximum Gasteiger partial charge on any atom is 0.176 e. The van der Waals surface area contributed by atoms with Gasteiger partial charge in [0.25, 0.3) is 0 Å². The van der Waals surface area contributed by atoms with Crippen LogP contribution in [-0.2, 0) is 5.41 Å². The van der Waals surface area contributed by atoms with Crippen LogP contribution in [0, 0.1) is 0 Å². The van der Waals surface area contributed by atoms with Crippen molar-refractivity contribution in [3.63, 3.8) is 0 Å². The van der Waals surface area contributed by atoms with Crippen molar-refractivity contribution in [3.05, 3.63) is 10.6 Å². The van der Waals surface area contributed by atoms with Gasteiger partial charge in [-0.15, -0.1) is 5.10 Å². The van der Waals surface area contributed by atoms with Gasteiger partial charge in [0.1, 0.15) is 4.88 Å². The predicted octanol–water partition coefficient (Wildman–Crippen LogP) is 3.60. The maximum atomic E-state index is 12.0. The first-order valence-corrected chi connectivity index (χ1v) is 6.60. The van der Waals surface area contributed by atoms with Crippen molar-refractivity contribution >= 4 is 17.3 Å². The Balaban J connectivity index is 2.73. The summed E-state index contributed by atoms with van der Waals surface area (Å²) in [5.41, 5.74) is 0.752.